The molecule has 108 valence electrons. The SMILES string of the molecule is CC(C)Oc1ccc2ccccc2c1CNC(C)(C)C. The summed E-state index contributed by atoms with van der Waals surface area (Å²) >= 11 is 0. The van der Waals surface area contributed by atoms with Gasteiger partial charge < -0.3 is 10.1 Å². The average molecular weight is 271 g/mol. The van der Waals surface area contributed by atoms with Crippen LogP contribution in [0.1, 0.15) is 40.2 Å². The van der Waals surface area contributed by atoms with E-state index in [0.29, 0.717) is 0 Å². The first-order chi connectivity index (χ1) is 9.37. The maximum atomic E-state index is 5.98. The summed E-state index contributed by atoms with van der Waals surface area (Å²) in [5, 5.41) is 6.09. The van der Waals surface area contributed by atoms with E-state index in [4.69, 9.17) is 4.74 Å². The predicted molar refractivity (Wildman–Crippen MR) is 86.3 cm³/mol. The zero-order valence-corrected chi connectivity index (χ0v) is 13.2. The summed E-state index contributed by atoms with van der Waals surface area (Å²) in [6.07, 6.45) is 0.185. The molecule has 0 aromatic heterocycles. The van der Waals surface area contributed by atoms with Gasteiger partial charge in [0.15, 0.2) is 0 Å². The molecule has 0 aliphatic carbocycles. The summed E-state index contributed by atoms with van der Waals surface area (Å²) in [7, 11) is 0. The number of nitrogens with one attached hydrogen (secondary N) is 1. The van der Waals surface area contributed by atoms with E-state index in [9.17, 15) is 0 Å². The van der Waals surface area contributed by atoms with Crippen LogP contribution in [-0.4, -0.2) is 11.6 Å². The van der Waals surface area contributed by atoms with Crippen LogP contribution in [0.4, 0.5) is 0 Å². The Morgan fingerprint density at radius 3 is 2.40 bits per heavy atom. The fourth-order valence-corrected chi connectivity index (χ4v) is 2.22. The highest BCUT2D eigenvalue weighted by atomic mass is 16.5. The van der Waals surface area contributed by atoms with E-state index in [2.05, 4.69) is 76.3 Å². The molecule has 0 radical (unpaired) electrons. The lowest BCUT2D eigenvalue weighted by molar-refractivity contribution is 0.239. The van der Waals surface area contributed by atoms with Gasteiger partial charge in [-0.25, -0.2) is 0 Å². The topological polar surface area (TPSA) is 21.3 Å². The molecule has 2 aromatic carbocycles. The molecule has 2 nitrogen and oxygen atoms in total. The van der Waals surface area contributed by atoms with Crippen LogP contribution in [0, 0.1) is 0 Å². The van der Waals surface area contributed by atoms with Gasteiger partial charge in [-0.15, -0.1) is 0 Å². The second-order valence-electron chi connectivity index (χ2n) is 6.53. The lowest BCUT2D eigenvalue weighted by atomic mass is 10.0. The van der Waals surface area contributed by atoms with Crippen LogP contribution in [-0.2, 0) is 6.54 Å². The molecule has 0 amide bonds. The van der Waals surface area contributed by atoms with Crippen LogP contribution in [0.25, 0.3) is 10.8 Å². The second-order valence-corrected chi connectivity index (χ2v) is 6.53. The van der Waals surface area contributed by atoms with Crippen molar-refractivity contribution < 1.29 is 4.74 Å². The van der Waals surface area contributed by atoms with E-state index in [1.165, 1.54) is 16.3 Å². The van der Waals surface area contributed by atoms with Gasteiger partial charge >= 0.3 is 0 Å². The molecule has 0 aliphatic rings. The molecule has 0 heterocycles. The predicted octanol–water partition coefficient (Wildman–Crippen LogP) is 4.52. The summed E-state index contributed by atoms with van der Waals surface area (Å²) < 4.78 is 5.98. The minimum atomic E-state index is 0.0893. The van der Waals surface area contributed by atoms with Crippen molar-refractivity contribution in [1.82, 2.24) is 5.32 Å². The van der Waals surface area contributed by atoms with E-state index in [0.717, 1.165) is 12.3 Å². The smallest absolute Gasteiger partial charge is 0.124 e. The molecule has 0 aliphatic heterocycles. The van der Waals surface area contributed by atoms with Gasteiger partial charge in [-0.3, -0.25) is 0 Å². The third-order valence-corrected chi connectivity index (χ3v) is 3.16. The van der Waals surface area contributed by atoms with Crippen LogP contribution in [0.3, 0.4) is 0 Å². The first-order valence-corrected chi connectivity index (χ1v) is 7.29. The number of benzene rings is 2. The number of hydrogen-bond acceptors (Lipinski definition) is 2. The number of ether oxygens (including phenoxy) is 1. The standard InChI is InChI=1S/C18H25NO/c1-13(2)20-17-11-10-14-8-6-7-9-15(14)16(17)12-19-18(3,4)5/h6-11,13,19H,12H2,1-5H3. The van der Waals surface area contributed by atoms with Crippen molar-refractivity contribution in [2.45, 2.75) is 52.8 Å². The van der Waals surface area contributed by atoms with Crippen molar-refractivity contribution in [2.75, 3.05) is 0 Å². The molecule has 0 fully saturated rings. The normalized spacial score (nSPS) is 12.1. The second kappa shape index (κ2) is 5.84. The number of fused-ring (bicyclic) bond motifs is 1. The minimum Gasteiger partial charge on any atom is -0.491 e. The molecule has 0 saturated heterocycles. The highest BCUT2D eigenvalue weighted by Gasteiger charge is 2.14. The van der Waals surface area contributed by atoms with Crippen molar-refractivity contribution in [1.29, 1.82) is 0 Å². The fourth-order valence-electron chi connectivity index (χ4n) is 2.22. The van der Waals surface area contributed by atoms with Crippen LogP contribution in [0.5, 0.6) is 5.75 Å². The number of hydrogen-bond donors (Lipinski definition) is 1. The van der Waals surface area contributed by atoms with Gasteiger partial charge in [0.05, 0.1) is 6.10 Å². The molecule has 0 saturated carbocycles. The summed E-state index contributed by atoms with van der Waals surface area (Å²) in [5.41, 5.74) is 1.33. The largest absolute Gasteiger partial charge is 0.491 e. The Kier molecular flexibility index (Phi) is 4.34. The summed E-state index contributed by atoms with van der Waals surface area (Å²) in [4.78, 5) is 0. The molecular weight excluding hydrogens is 246 g/mol. The van der Waals surface area contributed by atoms with Gasteiger partial charge in [0.1, 0.15) is 5.75 Å². The molecule has 2 aromatic rings. The quantitative estimate of drug-likeness (QED) is 0.883. The Balaban J connectivity index is 2.44. The molecule has 0 atom stereocenters. The van der Waals surface area contributed by atoms with Crippen molar-refractivity contribution in [3.63, 3.8) is 0 Å². The van der Waals surface area contributed by atoms with Crippen molar-refractivity contribution >= 4 is 10.8 Å². The van der Waals surface area contributed by atoms with E-state index >= 15 is 0 Å². The lowest BCUT2D eigenvalue weighted by Gasteiger charge is -2.23. The highest BCUT2D eigenvalue weighted by Crippen LogP contribution is 2.29. The third-order valence-electron chi connectivity index (χ3n) is 3.16. The maximum Gasteiger partial charge on any atom is 0.124 e. The molecule has 0 spiro atoms. The zero-order valence-electron chi connectivity index (χ0n) is 13.2. The molecule has 0 unspecified atom stereocenters. The van der Waals surface area contributed by atoms with Gasteiger partial charge in [0.2, 0.25) is 0 Å². The minimum absolute atomic E-state index is 0.0893. The fraction of sp³-hybridized carbons (Fsp3) is 0.444. The van der Waals surface area contributed by atoms with E-state index in [1.54, 1.807) is 0 Å². The molecule has 1 N–H and O–H groups in total. The summed E-state index contributed by atoms with van der Waals surface area (Å²) in [5.74, 6) is 0.982. The van der Waals surface area contributed by atoms with Gasteiger partial charge in [-0.05, 0) is 51.5 Å². The Labute approximate surface area is 122 Å². The first kappa shape index (κ1) is 14.9. The van der Waals surface area contributed by atoms with Crippen molar-refractivity contribution in [3.8, 4) is 5.75 Å². The van der Waals surface area contributed by atoms with Crippen LogP contribution in [0.15, 0.2) is 36.4 Å². The zero-order chi connectivity index (χ0) is 14.8. The highest BCUT2D eigenvalue weighted by molar-refractivity contribution is 5.87. The lowest BCUT2D eigenvalue weighted by Crippen LogP contribution is -2.35. The van der Waals surface area contributed by atoms with Crippen molar-refractivity contribution in [3.05, 3.63) is 42.0 Å². The van der Waals surface area contributed by atoms with Gasteiger partial charge in [0.25, 0.3) is 0 Å². The van der Waals surface area contributed by atoms with Crippen LogP contribution in [0.2, 0.25) is 0 Å². The molecule has 2 rings (SSSR count). The maximum absolute atomic E-state index is 5.98. The van der Waals surface area contributed by atoms with Gasteiger partial charge in [0, 0.05) is 17.6 Å². The first-order valence-electron chi connectivity index (χ1n) is 7.29. The van der Waals surface area contributed by atoms with E-state index in [1.807, 2.05) is 0 Å². The molecule has 2 heteroatoms. The van der Waals surface area contributed by atoms with Crippen molar-refractivity contribution in [2.24, 2.45) is 0 Å². The molecule has 20 heavy (non-hydrogen) atoms. The summed E-state index contributed by atoms with van der Waals surface area (Å²) in [6.45, 7) is 11.5. The molecule has 0 bridgehead atoms. The van der Waals surface area contributed by atoms with Crippen LogP contribution < -0.4 is 10.1 Å². The van der Waals surface area contributed by atoms with E-state index in [-0.39, 0.29) is 11.6 Å². The third kappa shape index (κ3) is 3.73. The Morgan fingerprint density at radius 1 is 1.05 bits per heavy atom. The van der Waals surface area contributed by atoms with E-state index < -0.39 is 0 Å². The monoisotopic (exact) mass is 271 g/mol. The Hall–Kier alpha value is -1.54. The number of rotatable bonds is 4. The summed E-state index contributed by atoms with van der Waals surface area (Å²) in [6, 6.07) is 12.7. The average Bonchev–Trinajstić information content (AvgIpc) is 2.35. The van der Waals surface area contributed by atoms with Gasteiger partial charge in [-0.2, -0.15) is 0 Å². The van der Waals surface area contributed by atoms with Gasteiger partial charge in [-0.1, -0.05) is 30.3 Å². The van der Waals surface area contributed by atoms with Crippen LogP contribution >= 0.6 is 0 Å². The Morgan fingerprint density at radius 2 is 1.75 bits per heavy atom. The Bertz CT molecular complexity index is 581. The molecular formula is C18H25NO.